The molecule has 0 bridgehead atoms. The van der Waals surface area contributed by atoms with Gasteiger partial charge in [0.25, 0.3) is 0 Å². The number of carbonyl (C=O) groups is 2. The topological polar surface area (TPSA) is 102 Å². The summed E-state index contributed by atoms with van der Waals surface area (Å²) in [4.78, 5) is 22.8. The van der Waals surface area contributed by atoms with Crippen molar-refractivity contribution in [2.75, 3.05) is 13.7 Å². The second-order valence-electron chi connectivity index (χ2n) is 9.28. The molecule has 0 saturated heterocycles. The Morgan fingerprint density at radius 1 is 1.23 bits per heavy atom. The summed E-state index contributed by atoms with van der Waals surface area (Å²) in [7, 11) is 1.31. The van der Waals surface area contributed by atoms with Crippen LogP contribution in [-0.2, 0) is 27.1 Å². The molecule has 2 aliphatic rings. The van der Waals surface area contributed by atoms with Gasteiger partial charge in [0.2, 0.25) is 0 Å². The molecule has 0 heterocycles. The third-order valence-corrected chi connectivity index (χ3v) is 6.66. The predicted octanol–water partition coefficient (Wildman–Crippen LogP) is 3.84. The lowest BCUT2D eigenvalue weighted by Crippen LogP contribution is -2.30. The van der Waals surface area contributed by atoms with Crippen LogP contribution in [-0.4, -0.2) is 48.3 Å². The fourth-order valence-corrected chi connectivity index (χ4v) is 5.40. The van der Waals surface area contributed by atoms with Crippen molar-refractivity contribution in [2.45, 2.75) is 64.6 Å². The second-order valence-corrected chi connectivity index (χ2v) is 9.28. The second kappa shape index (κ2) is 10.4. The van der Waals surface area contributed by atoms with Crippen LogP contribution in [0.15, 0.2) is 18.2 Å². The van der Waals surface area contributed by atoms with E-state index in [-0.39, 0.29) is 24.7 Å². The standard InChI is InChI=1S/C24H34O7/c1-14(2)9-17(25)7-8-18-19-10-15-5-4-6-21(30-13-23(26)27)20(15)11-16(19)12-22(18)31-24(28)29-3/h4-6,14,16-19,22,25H,7-13H2,1-3H3,(H,26,27)/t16-,17+,18+,19-,22+/m0/s1. The molecule has 1 aromatic rings. The maximum absolute atomic E-state index is 11.9. The lowest BCUT2D eigenvalue weighted by molar-refractivity contribution is -0.139. The minimum Gasteiger partial charge on any atom is -0.482 e. The minimum atomic E-state index is -1.00. The Labute approximate surface area is 183 Å². The van der Waals surface area contributed by atoms with Crippen LogP contribution in [0.25, 0.3) is 0 Å². The van der Waals surface area contributed by atoms with Crippen LogP contribution in [0.3, 0.4) is 0 Å². The Hall–Kier alpha value is -2.28. The monoisotopic (exact) mass is 434 g/mol. The summed E-state index contributed by atoms with van der Waals surface area (Å²) in [5.41, 5.74) is 2.22. The first-order chi connectivity index (χ1) is 14.8. The van der Waals surface area contributed by atoms with Crippen molar-refractivity contribution in [2.24, 2.45) is 23.7 Å². The summed E-state index contributed by atoms with van der Waals surface area (Å²) in [6.45, 7) is 3.83. The molecule has 1 saturated carbocycles. The minimum absolute atomic E-state index is 0.155. The van der Waals surface area contributed by atoms with E-state index < -0.39 is 12.1 Å². The fraction of sp³-hybridized carbons (Fsp3) is 0.667. The first-order valence-corrected chi connectivity index (χ1v) is 11.2. The van der Waals surface area contributed by atoms with Gasteiger partial charge in [-0.1, -0.05) is 26.0 Å². The van der Waals surface area contributed by atoms with E-state index in [1.807, 2.05) is 12.1 Å². The zero-order chi connectivity index (χ0) is 22.5. The maximum Gasteiger partial charge on any atom is 0.508 e. The van der Waals surface area contributed by atoms with Gasteiger partial charge in [0, 0.05) is 0 Å². The summed E-state index contributed by atoms with van der Waals surface area (Å²) in [5, 5.41) is 19.3. The number of methoxy groups -OCH3 is 1. The lowest BCUT2D eigenvalue weighted by atomic mass is 9.73. The number of aliphatic hydroxyl groups excluding tert-OH is 1. The molecular formula is C24H34O7. The van der Waals surface area contributed by atoms with Gasteiger partial charge in [-0.05, 0) is 79.4 Å². The number of aliphatic hydroxyl groups is 1. The molecule has 2 aliphatic carbocycles. The van der Waals surface area contributed by atoms with Crippen LogP contribution in [0.4, 0.5) is 4.79 Å². The average Bonchev–Trinajstić information content (AvgIpc) is 3.04. The molecule has 7 nitrogen and oxygen atoms in total. The van der Waals surface area contributed by atoms with Crippen molar-refractivity contribution in [1.29, 1.82) is 0 Å². The highest BCUT2D eigenvalue weighted by atomic mass is 16.7. The van der Waals surface area contributed by atoms with Crippen LogP contribution in [0.2, 0.25) is 0 Å². The normalized spacial score (nSPS) is 25.5. The Morgan fingerprint density at radius 3 is 2.68 bits per heavy atom. The van der Waals surface area contributed by atoms with Gasteiger partial charge < -0.3 is 24.4 Å². The first kappa shape index (κ1) is 23.4. The molecule has 3 rings (SSSR count). The molecular weight excluding hydrogens is 400 g/mol. The zero-order valence-electron chi connectivity index (χ0n) is 18.6. The van der Waals surface area contributed by atoms with Crippen molar-refractivity contribution < 1.29 is 34.0 Å². The number of aliphatic carboxylic acids is 1. The Kier molecular flexibility index (Phi) is 7.81. The van der Waals surface area contributed by atoms with Gasteiger partial charge in [0.05, 0.1) is 13.2 Å². The Morgan fingerprint density at radius 2 is 2.00 bits per heavy atom. The highest BCUT2D eigenvalue weighted by Crippen LogP contribution is 2.49. The van der Waals surface area contributed by atoms with E-state index in [9.17, 15) is 14.7 Å². The molecule has 0 aromatic heterocycles. The molecule has 172 valence electrons. The third-order valence-electron chi connectivity index (χ3n) is 6.66. The van der Waals surface area contributed by atoms with E-state index in [1.165, 1.54) is 7.11 Å². The van der Waals surface area contributed by atoms with E-state index in [2.05, 4.69) is 19.9 Å². The highest BCUT2D eigenvalue weighted by molar-refractivity contribution is 5.68. The van der Waals surface area contributed by atoms with E-state index in [0.29, 0.717) is 29.9 Å². The van der Waals surface area contributed by atoms with Crippen LogP contribution in [0, 0.1) is 23.7 Å². The van der Waals surface area contributed by atoms with Crippen LogP contribution < -0.4 is 4.74 Å². The van der Waals surface area contributed by atoms with Crippen LogP contribution in [0.5, 0.6) is 5.75 Å². The summed E-state index contributed by atoms with van der Waals surface area (Å²) < 4.78 is 15.9. The summed E-state index contributed by atoms with van der Waals surface area (Å²) in [6, 6.07) is 5.78. The number of benzene rings is 1. The predicted molar refractivity (Wildman–Crippen MR) is 114 cm³/mol. The molecule has 0 unspecified atom stereocenters. The highest BCUT2D eigenvalue weighted by Gasteiger charge is 2.47. The number of hydrogen-bond acceptors (Lipinski definition) is 6. The molecule has 1 fully saturated rings. The van der Waals surface area contributed by atoms with Gasteiger partial charge in [-0.15, -0.1) is 0 Å². The maximum atomic E-state index is 11.9. The average molecular weight is 435 g/mol. The number of ether oxygens (including phenoxy) is 3. The largest absolute Gasteiger partial charge is 0.508 e. The fourth-order valence-electron chi connectivity index (χ4n) is 5.40. The molecule has 7 heteroatoms. The molecule has 0 radical (unpaired) electrons. The van der Waals surface area contributed by atoms with Crippen molar-refractivity contribution in [3.63, 3.8) is 0 Å². The van der Waals surface area contributed by atoms with Crippen molar-refractivity contribution in [3.05, 3.63) is 29.3 Å². The SMILES string of the molecule is COC(=O)O[C@@H]1C[C@@H]2Cc3c(cccc3OCC(=O)O)C[C@@H]2[C@H]1CC[C@@H](O)CC(C)C. The summed E-state index contributed by atoms with van der Waals surface area (Å²) >= 11 is 0. The molecule has 0 aliphatic heterocycles. The molecule has 1 aromatic carbocycles. The number of rotatable bonds is 9. The molecule has 0 spiro atoms. The van der Waals surface area contributed by atoms with Gasteiger partial charge >= 0.3 is 12.1 Å². The quantitative estimate of drug-likeness (QED) is 0.569. The van der Waals surface area contributed by atoms with Crippen molar-refractivity contribution in [1.82, 2.24) is 0 Å². The van der Waals surface area contributed by atoms with Gasteiger partial charge in [-0.2, -0.15) is 0 Å². The lowest BCUT2D eigenvalue weighted by Gasteiger charge is -2.32. The summed E-state index contributed by atoms with van der Waals surface area (Å²) in [6.07, 6.45) is 3.30. The van der Waals surface area contributed by atoms with Gasteiger partial charge in [-0.3, -0.25) is 0 Å². The number of carboxylic acid groups (broad SMARTS) is 1. The number of hydrogen-bond donors (Lipinski definition) is 2. The van der Waals surface area contributed by atoms with E-state index in [0.717, 1.165) is 43.2 Å². The van der Waals surface area contributed by atoms with E-state index in [1.54, 1.807) is 0 Å². The van der Waals surface area contributed by atoms with Gasteiger partial charge in [-0.25, -0.2) is 9.59 Å². The van der Waals surface area contributed by atoms with Crippen molar-refractivity contribution >= 4 is 12.1 Å². The molecule has 31 heavy (non-hydrogen) atoms. The van der Waals surface area contributed by atoms with Gasteiger partial charge in [0.1, 0.15) is 11.9 Å². The van der Waals surface area contributed by atoms with Crippen LogP contribution >= 0.6 is 0 Å². The summed E-state index contributed by atoms with van der Waals surface area (Å²) in [5.74, 6) is 0.854. The van der Waals surface area contributed by atoms with Crippen LogP contribution in [0.1, 0.15) is 50.7 Å². The molecule has 5 atom stereocenters. The van der Waals surface area contributed by atoms with E-state index >= 15 is 0 Å². The third kappa shape index (κ3) is 5.91. The molecule has 2 N–H and O–H groups in total. The number of carboxylic acids is 1. The Bertz CT molecular complexity index is 775. The number of carbonyl (C=O) groups excluding carboxylic acids is 1. The first-order valence-electron chi connectivity index (χ1n) is 11.2. The van der Waals surface area contributed by atoms with Crippen molar-refractivity contribution in [3.8, 4) is 5.75 Å². The molecule has 0 amide bonds. The Balaban J connectivity index is 1.77. The van der Waals surface area contributed by atoms with Gasteiger partial charge in [0.15, 0.2) is 6.61 Å². The zero-order valence-corrected chi connectivity index (χ0v) is 18.6. The number of fused-ring (bicyclic) bond motifs is 2. The smallest absolute Gasteiger partial charge is 0.482 e. The van der Waals surface area contributed by atoms with E-state index in [4.69, 9.17) is 19.3 Å².